The minimum atomic E-state index is -0.601. The number of benzene rings is 3. The van der Waals surface area contributed by atoms with Crippen molar-refractivity contribution in [1.29, 1.82) is 0 Å². The molecule has 32 heavy (non-hydrogen) atoms. The fourth-order valence-corrected chi connectivity index (χ4v) is 3.20. The van der Waals surface area contributed by atoms with Crippen molar-refractivity contribution in [3.8, 4) is 16.9 Å². The number of aromatic nitrogens is 2. The van der Waals surface area contributed by atoms with Gasteiger partial charge in [0.2, 0.25) is 0 Å². The van der Waals surface area contributed by atoms with Crippen LogP contribution in [-0.2, 0) is 4.74 Å². The number of imidazole rings is 1. The fraction of sp³-hybridized carbons (Fsp3) is 0.160. The van der Waals surface area contributed by atoms with E-state index in [9.17, 15) is 9.59 Å². The molecule has 3 aromatic carbocycles. The molecule has 0 aliphatic heterocycles. The van der Waals surface area contributed by atoms with Crippen LogP contribution < -0.4 is 10.1 Å². The Labute approximate surface area is 185 Å². The Morgan fingerprint density at radius 1 is 0.906 bits per heavy atom. The zero-order valence-electron chi connectivity index (χ0n) is 18.0. The number of ether oxygens (including phenoxy) is 2. The first-order valence-corrected chi connectivity index (χ1v) is 10.1. The van der Waals surface area contributed by atoms with Crippen LogP contribution in [0, 0.1) is 0 Å². The van der Waals surface area contributed by atoms with Crippen LogP contribution >= 0.6 is 0 Å². The van der Waals surface area contributed by atoms with E-state index in [0.717, 1.165) is 11.1 Å². The average Bonchev–Trinajstić information content (AvgIpc) is 3.18. The van der Waals surface area contributed by atoms with E-state index in [1.165, 1.54) is 10.9 Å². The molecule has 4 rings (SSSR count). The Morgan fingerprint density at radius 3 is 2.31 bits per heavy atom. The number of carbonyl (C=O) groups excluding carboxylic acids is 2. The van der Waals surface area contributed by atoms with Gasteiger partial charge in [0.25, 0.3) is 0 Å². The number of rotatable bonds is 3. The summed E-state index contributed by atoms with van der Waals surface area (Å²) < 4.78 is 12.1. The molecule has 4 aromatic rings. The second-order valence-electron chi connectivity index (χ2n) is 8.17. The molecule has 0 saturated carbocycles. The van der Waals surface area contributed by atoms with E-state index in [1.807, 2.05) is 57.2 Å². The van der Waals surface area contributed by atoms with Gasteiger partial charge in [0.05, 0.1) is 11.0 Å². The first-order chi connectivity index (χ1) is 15.3. The Hall–Kier alpha value is -4.13. The number of hydrogen-bond acceptors (Lipinski definition) is 5. The van der Waals surface area contributed by atoms with Gasteiger partial charge < -0.3 is 9.47 Å². The normalized spacial score (nSPS) is 11.2. The lowest BCUT2D eigenvalue weighted by atomic mass is 10.0. The maximum absolute atomic E-state index is 12.5. The van der Waals surface area contributed by atoms with Gasteiger partial charge in [-0.1, -0.05) is 42.5 Å². The van der Waals surface area contributed by atoms with Crippen LogP contribution in [0.25, 0.3) is 22.2 Å². The molecule has 0 atom stereocenters. The number of para-hydroxylation sites is 2. The third-order valence-electron chi connectivity index (χ3n) is 4.56. The van der Waals surface area contributed by atoms with E-state index in [4.69, 9.17) is 9.47 Å². The highest BCUT2D eigenvalue weighted by Gasteiger charge is 2.20. The largest absolute Gasteiger partial charge is 0.443 e. The molecule has 1 N–H and O–H groups in total. The van der Waals surface area contributed by atoms with Crippen molar-refractivity contribution in [3.05, 3.63) is 79.1 Å². The molecule has 0 radical (unpaired) electrons. The lowest BCUT2D eigenvalue weighted by Gasteiger charge is -2.19. The Kier molecular flexibility index (Phi) is 5.64. The first-order valence-electron chi connectivity index (χ1n) is 10.1. The molecule has 0 fully saturated rings. The number of nitrogens with zero attached hydrogens (tertiary/aromatic N) is 2. The Morgan fingerprint density at radius 2 is 1.62 bits per heavy atom. The minimum absolute atomic E-state index is 0.467. The molecule has 0 aliphatic rings. The molecule has 0 unspecified atom stereocenters. The van der Waals surface area contributed by atoms with Crippen molar-refractivity contribution < 1.29 is 19.1 Å². The van der Waals surface area contributed by atoms with Crippen LogP contribution in [0.3, 0.4) is 0 Å². The summed E-state index contributed by atoms with van der Waals surface area (Å²) in [5.74, 6) is 0.467. The molecular weight excluding hydrogens is 406 g/mol. The van der Waals surface area contributed by atoms with Crippen LogP contribution in [0.1, 0.15) is 20.8 Å². The highest BCUT2D eigenvalue weighted by Crippen LogP contribution is 2.29. The summed E-state index contributed by atoms with van der Waals surface area (Å²) in [7, 11) is 0. The standard InChI is InChI=1S/C25H23N3O4/c1-25(2,3)32-24(30)28-16-26-22-20(10-7-11-21(22)28)17-12-14-18(15-13-17)27-23(29)31-19-8-5-4-6-9-19/h4-16H,1-3H3,(H,27,29). The van der Waals surface area contributed by atoms with Gasteiger partial charge in [0, 0.05) is 11.3 Å². The van der Waals surface area contributed by atoms with Crippen molar-refractivity contribution in [2.24, 2.45) is 0 Å². The topological polar surface area (TPSA) is 82.5 Å². The lowest BCUT2D eigenvalue weighted by molar-refractivity contribution is 0.0543. The van der Waals surface area contributed by atoms with Crippen molar-refractivity contribution in [2.45, 2.75) is 26.4 Å². The van der Waals surface area contributed by atoms with Gasteiger partial charge >= 0.3 is 12.2 Å². The van der Waals surface area contributed by atoms with E-state index in [1.54, 1.807) is 36.4 Å². The predicted molar refractivity (Wildman–Crippen MR) is 123 cm³/mol. The van der Waals surface area contributed by atoms with Gasteiger partial charge in [0.1, 0.15) is 17.7 Å². The minimum Gasteiger partial charge on any atom is -0.443 e. The third-order valence-corrected chi connectivity index (χ3v) is 4.56. The molecule has 1 aromatic heterocycles. The van der Waals surface area contributed by atoms with Crippen molar-refractivity contribution in [2.75, 3.05) is 5.32 Å². The number of hydrogen-bond donors (Lipinski definition) is 1. The van der Waals surface area contributed by atoms with Crippen LogP contribution in [-0.4, -0.2) is 27.3 Å². The van der Waals surface area contributed by atoms with E-state index >= 15 is 0 Å². The summed E-state index contributed by atoms with van der Waals surface area (Å²) >= 11 is 0. The van der Waals surface area contributed by atoms with E-state index in [-0.39, 0.29) is 0 Å². The molecule has 1 heterocycles. The van der Waals surface area contributed by atoms with E-state index in [2.05, 4.69) is 10.3 Å². The number of fused-ring (bicyclic) bond motifs is 1. The third kappa shape index (κ3) is 4.78. The van der Waals surface area contributed by atoms with Crippen molar-refractivity contribution in [1.82, 2.24) is 9.55 Å². The first kappa shape index (κ1) is 21.1. The monoisotopic (exact) mass is 429 g/mol. The maximum atomic E-state index is 12.5. The zero-order valence-corrected chi connectivity index (χ0v) is 18.0. The average molecular weight is 429 g/mol. The number of amides is 1. The fourth-order valence-electron chi connectivity index (χ4n) is 3.20. The van der Waals surface area contributed by atoms with Gasteiger partial charge in [-0.15, -0.1) is 0 Å². The van der Waals surface area contributed by atoms with Crippen LogP contribution in [0.2, 0.25) is 0 Å². The lowest BCUT2D eigenvalue weighted by Crippen LogP contribution is -2.26. The molecule has 162 valence electrons. The molecule has 0 aliphatic carbocycles. The molecule has 1 amide bonds. The second-order valence-corrected chi connectivity index (χ2v) is 8.17. The van der Waals surface area contributed by atoms with Crippen LogP contribution in [0.5, 0.6) is 5.75 Å². The number of anilines is 1. The van der Waals surface area contributed by atoms with Crippen molar-refractivity contribution >= 4 is 28.9 Å². The van der Waals surface area contributed by atoms with Gasteiger partial charge in [-0.25, -0.2) is 19.1 Å². The SMILES string of the molecule is CC(C)(C)OC(=O)n1cnc2c(-c3ccc(NC(=O)Oc4ccccc4)cc3)cccc21. The van der Waals surface area contributed by atoms with Crippen LogP contribution in [0.4, 0.5) is 15.3 Å². The number of carbonyl (C=O) groups is 2. The molecular formula is C25H23N3O4. The molecule has 7 nitrogen and oxygen atoms in total. The van der Waals surface area contributed by atoms with Gasteiger partial charge in [-0.05, 0) is 56.7 Å². The highest BCUT2D eigenvalue weighted by atomic mass is 16.6. The molecule has 0 bridgehead atoms. The van der Waals surface area contributed by atoms with Crippen LogP contribution in [0.15, 0.2) is 79.1 Å². The highest BCUT2D eigenvalue weighted by molar-refractivity contribution is 5.96. The summed E-state index contributed by atoms with van der Waals surface area (Å²) in [5.41, 5.74) is 3.10. The van der Waals surface area contributed by atoms with Gasteiger partial charge in [0.15, 0.2) is 0 Å². The summed E-state index contributed by atoms with van der Waals surface area (Å²) in [6, 6.07) is 21.8. The summed E-state index contributed by atoms with van der Waals surface area (Å²) in [5, 5.41) is 2.70. The molecule has 0 spiro atoms. The van der Waals surface area contributed by atoms with Gasteiger partial charge in [-0.2, -0.15) is 0 Å². The smallest absolute Gasteiger partial charge is 0.420 e. The summed E-state index contributed by atoms with van der Waals surface area (Å²) in [6.07, 6.45) is 0.424. The predicted octanol–water partition coefficient (Wildman–Crippen LogP) is 6.10. The summed E-state index contributed by atoms with van der Waals surface area (Å²) in [6.45, 7) is 5.46. The maximum Gasteiger partial charge on any atom is 0.420 e. The quantitative estimate of drug-likeness (QED) is 0.426. The Bertz CT molecular complexity index is 1260. The molecule has 0 saturated heterocycles. The molecule has 7 heteroatoms. The zero-order chi connectivity index (χ0) is 22.7. The van der Waals surface area contributed by atoms with E-state index in [0.29, 0.717) is 22.5 Å². The van der Waals surface area contributed by atoms with Crippen molar-refractivity contribution in [3.63, 3.8) is 0 Å². The van der Waals surface area contributed by atoms with Gasteiger partial charge in [-0.3, -0.25) is 5.32 Å². The van der Waals surface area contributed by atoms with E-state index < -0.39 is 17.8 Å². The Balaban J connectivity index is 1.53. The summed E-state index contributed by atoms with van der Waals surface area (Å²) in [4.78, 5) is 29.0. The second kappa shape index (κ2) is 8.55. The number of nitrogens with one attached hydrogen (secondary N) is 1.